The lowest BCUT2D eigenvalue weighted by Crippen LogP contribution is -2.50. The van der Waals surface area contributed by atoms with Gasteiger partial charge in [-0.3, -0.25) is 4.90 Å². The van der Waals surface area contributed by atoms with Crippen molar-refractivity contribution < 1.29 is 9.47 Å². The molecule has 4 heteroatoms. The lowest BCUT2D eigenvalue weighted by Gasteiger charge is -2.37. The van der Waals surface area contributed by atoms with Gasteiger partial charge in [0.15, 0.2) is 0 Å². The van der Waals surface area contributed by atoms with Crippen LogP contribution in [0.2, 0.25) is 0 Å². The molecule has 2 atom stereocenters. The van der Waals surface area contributed by atoms with Crippen molar-refractivity contribution in [2.45, 2.75) is 13.0 Å². The van der Waals surface area contributed by atoms with Gasteiger partial charge < -0.3 is 15.2 Å². The lowest BCUT2D eigenvalue weighted by atomic mass is 10.0. The molecule has 1 aliphatic heterocycles. The number of ether oxygens (including phenoxy) is 2. The minimum Gasteiger partial charge on any atom is -0.384 e. The first kappa shape index (κ1) is 11.9. The zero-order valence-electron chi connectivity index (χ0n) is 9.24. The first-order valence-electron chi connectivity index (χ1n) is 5.30. The smallest absolute Gasteiger partial charge is 0.0594 e. The molecule has 0 saturated carbocycles. The Morgan fingerprint density at radius 2 is 2.07 bits per heavy atom. The Labute approximate surface area is 86.3 Å². The van der Waals surface area contributed by atoms with Gasteiger partial charge in [0.1, 0.15) is 0 Å². The molecular weight excluding hydrogens is 180 g/mol. The molecule has 0 aromatic rings. The quantitative estimate of drug-likeness (QED) is 0.678. The number of nitrogens with zero attached hydrogens (tertiary/aromatic N) is 1. The first-order valence-corrected chi connectivity index (χ1v) is 5.30. The van der Waals surface area contributed by atoms with Crippen molar-refractivity contribution in [3.05, 3.63) is 0 Å². The Balaban J connectivity index is 2.41. The van der Waals surface area contributed by atoms with E-state index in [0.717, 1.165) is 32.9 Å². The highest BCUT2D eigenvalue weighted by molar-refractivity contribution is 4.79. The predicted molar refractivity (Wildman–Crippen MR) is 56.3 cm³/mol. The summed E-state index contributed by atoms with van der Waals surface area (Å²) >= 11 is 0. The number of hydrogen-bond acceptors (Lipinski definition) is 4. The molecule has 84 valence electrons. The van der Waals surface area contributed by atoms with Gasteiger partial charge in [-0.25, -0.2) is 0 Å². The molecule has 1 fully saturated rings. The van der Waals surface area contributed by atoms with Crippen molar-refractivity contribution in [2.24, 2.45) is 11.7 Å². The highest BCUT2D eigenvalue weighted by atomic mass is 16.5. The molecule has 0 radical (unpaired) electrons. The molecule has 2 unspecified atom stereocenters. The van der Waals surface area contributed by atoms with Gasteiger partial charge in [-0.15, -0.1) is 0 Å². The van der Waals surface area contributed by atoms with Crippen LogP contribution in [0.15, 0.2) is 0 Å². The van der Waals surface area contributed by atoms with Crippen LogP contribution in [0.25, 0.3) is 0 Å². The van der Waals surface area contributed by atoms with E-state index < -0.39 is 0 Å². The molecule has 0 aromatic carbocycles. The summed E-state index contributed by atoms with van der Waals surface area (Å²) in [4.78, 5) is 2.41. The number of methoxy groups -OCH3 is 1. The van der Waals surface area contributed by atoms with Gasteiger partial charge in [-0.05, 0) is 5.92 Å². The van der Waals surface area contributed by atoms with Crippen LogP contribution in [-0.2, 0) is 9.47 Å². The van der Waals surface area contributed by atoms with E-state index in [-0.39, 0.29) is 0 Å². The van der Waals surface area contributed by atoms with Gasteiger partial charge >= 0.3 is 0 Å². The van der Waals surface area contributed by atoms with Crippen molar-refractivity contribution in [1.82, 2.24) is 4.90 Å². The molecule has 0 aromatic heterocycles. The Morgan fingerprint density at radius 3 is 2.57 bits per heavy atom. The maximum atomic E-state index is 5.80. The van der Waals surface area contributed by atoms with Crippen LogP contribution in [0.3, 0.4) is 0 Å². The Hall–Kier alpha value is -0.160. The van der Waals surface area contributed by atoms with Crippen molar-refractivity contribution in [3.63, 3.8) is 0 Å². The van der Waals surface area contributed by atoms with E-state index >= 15 is 0 Å². The SMILES string of the molecule is COCC(C)C(CN)N1CCOCC1. The van der Waals surface area contributed by atoms with Gasteiger partial charge in [0.05, 0.1) is 19.8 Å². The van der Waals surface area contributed by atoms with E-state index in [0.29, 0.717) is 18.5 Å². The third-order valence-electron chi connectivity index (χ3n) is 2.84. The monoisotopic (exact) mass is 202 g/mol. The molecule has 1 saturated heterocycles. The maximum absolute atomic E-state index is 5.80. The topological polar surface area (TPSA) is 47.7 Å². The second kappa shape index (κ2) is 6.35. The van der Waals surface area contributed by atoms with Crippen molar-refractivity contribution in [3.8, 4) is 0 Å². The Kier molecular flexibility index (Phi) is 5.40. The fraction of sp³-hybridized carbons (Fsp3) is 1.00. The Morgan fingerprint density at radius 1 is 1.43 bits per heavy atom. The fourth-order valence-electron chi connectivity index (χ4n) is 2.02. The summed E-state index contributed by atoms with van der Waals surface area (Å²) in [6.07, 6.45) is 0. The van der Waals surface area contributed by atoms with E-state index in [1.165, 1.54) is 0 Å². The number of nitrogens with two attached hydrogens (primary N) is 1. The summed E-state index contributed by atoms with van der Waals surface area (Å²) < 4.78 is 10.5. The minimum absolute atomic E-state index is 0.429. The van der Waals surface area contributed by atoms with E-state index in [4.69, 9.17) is 15.2 Å². The largest absolute Gasteiger partial charge is 0.384 e. The van der Waals surface area contributed by atoms with Gasteiger partial charge in [0.25, 0.3) is 0 Å². The lowest BCUT2D eigenvalue weighted by molar-refractivity contribution is -0.00349. The molecule has 14 heavy (non-hydrogen) atoms. The molecule has 0 spiro atoms. The summed E-state index contributed by atoms with van der Waals surface area (Å²) in [6.45, 7) is 7.32. The number of morpholine rings is 1. The van der Waals surface area contributed by atoms with Crippen LogP contribution in [0, 0.1) is 5.92 Å². The average Bonchev–Trinajstić information content (AvgIpc) is 2.21. The van der Waals surface area contributed by atoms with Crippen molar-refractivity contribution in [1.29, 1.82) is 0 Å². The standard InChI is InChI=1S/C10H22N2O2/c1-9(8-13-2)10(7-11)12-3-5-14-6-4-12/h9-10H,3-8,11H2,1-2H3. The van der Waals surface area contributed by atoms with Crippen LogP contribution >= 0.6 is 0 Å². The predicted octanol–water partition coefficient (Wildman–Crippen LogP) is -0.0716. The summed E-state index contributed by atoms with van der Waals surface area (Å²) in [7, 11) is 1.74. The van der Waals surface area contributed by atoms with E-state index in [1.54, 1.807) is 7.11 Å². The fourth-order valence-corrected chi connectivity index (χ4v) is 2.02. The number of hydrogen-bond donors (Lipinski definition) is 1. The van der Waals surface area contributed by atoms with Gasteiger partial charge in [-0.1, -0.05) is 6.92 Å². The summed E-state index contributed by atoms with van der Waals surface area (Å²) in [5, 5.41) is 0. The molecule has 1 aliphatic rings. The number of rotatable bonds is 5. The molecule has 4 nitrogen and oxygen atoms in total. The van der Waals surface area contributed by atoms with Crippen LogP contribution in [0.5, 0.6) is 0 Å². The average molecular weight is 202 g/mol. The van der Waals surface area contributed by atoms with Gasteiger partial charge in [0.2, 0.25) is 0 Å². The minimum atomic E-state index is 0.429. The van der Waals surface area contributed by atoms with Gasteiger partial charge in [0, 0.05) is 32.8 Å². The first-order chi connectivity index (χ1) is 6.79. The molecular formula is C10H22N2O2. The molecule has 1 heterocycles. The molecule has 0 amide bonds. The highest BCUT2D eigenvalue weighted by Gasteiger charge is 2.24. The summed E-state index contributed by atoms with van der Waals surface area (Å²) in [5.74, 6) is 0.489. The maximum Gasteiger partial charge on any atom is 0.0594 e. The zero-order chi connectivity index (χ0) is 10.4. The molecule has 0 aliphatic carbocycles. The molecule has 2 N–H and O–H groups in total. The van der Waals surface area contributed by atoms with Gasteiger partial charge in [-0.2, -0.15) is 0 Å². The normalized spacial score (nSPS) is 23.4. The van der Waals surface area contributed by atoms with E-state index in [1.807, 2.05) is 0 Å². The molecule has 1 rings (SSSR count). The Bertz CT molecular complexity index is 149. The summed E-state index contributed by atoms with van der Waals surface area (Å²) in [5.41, 5.74) is 5.80. The third-order valence-corrected chi connectivity index (χ3v) is 2.84. The van der Waals surface area contributed by atoms with Crippen LogP contribution in [0.1, 0.15) is 6.92 Å². The van der Waals surface area contributed by atoms with Crippen LogP contribution in [0.4, 0.5) is 0 Å². The van der Waals surface area contributed by atoms with Crippen molar-refractivity contribution >= 4 is 0 Å². The van der Waals surface area contributed by atoms with Crippen molar-refractivity contribution in [2.75, 3.05) is 46.6 Å². The highest BCUT2D eigenvalue weighted by Crippen LogP contribution is 2.12. The zero-order valence-corrected chi connectivity index (χ0v) is 9.24. The van der Waals surface area contributed by atoms with E-state index in [2.05, 4.69) is 11.8 Å². The second-order valence-corrected chi connectivity index (χ2v) is 3.88. The molecule has 0 bridgehead atoms. The third kappa shape index (κ3) is 3.20. The van der Waals surface area contributed by atoms with E-state index in [9.17, 15) is 0 Å². The summed E-state index contributed by atoms with van der Waals surface area (Å²) in [6, 6.07) is 0.429. The second-order valence-electron chi connectivity index (χ2n) is 3.88. The van der Waals surface area contributed by atoms with Crippen LogP contribution < -0.4 is 5.73 Å². The van der Waals surface area contributed by atoms with Crippen LogP contribution in [-0.4, -0.2) is 57.5 Å².